The Morgan fingerprint density at radius 3 is 2.43 bits per heavy atom. The van der Waals surface area contributed by atoms with Crippen LogP contribution in [0.25, 0.3) is 0 Å². The van der Waals surface area contributed by atoms with Crippen LogP contribution < -0.4 is 15.5 Å². The van der Waals surface area contributed by atoms with Crippen LogP contribution >= 0.6 is 24.0 Å². The molecule has 0 amide bonds. The Balaban J connectivity index is 0.00000320. The van der Waals surface area contributed by atoms with Gasteiger partial charge in [0, 0.05) is 38.4 Å². The number of hydrogen-bond acceptors (Lipinski definition) is 3. The third-order valence-corrected chi connectivity index (χ3v) is 5.52. The minimum atomic E-state index is 0. The average Bonchev–Trinajstić information content (AvgIpc) is 2.72. The van der Waals surface area contributed by atoms with Gasteiger partial charge in [-0.15, -0.1) is 24.0 Å². The minimum Gasteiger partial charge on any atom is -0.356 e. The molecule has 0 radical (unpaired) electrons. The predicted molar refractivity (Wildman–Crippen MR) is 138 cm³/mol. The van der Waals surface area contributed by atoms with E-state index in [1.54, 1.807) is 0 Å². The first-order valence-electron chi connectivity index (χ1n) is 10.6. The van der Waals surface area contributed by atoms with Crippen molar-refractivity contribution < 1.29 is 0 Å². The van der Waals surface area contributed by atoms with Crippen LogP contribution in [0.15, 0.2) is 53.5 Å². The van der Waals surface area contributed by atoms with E-state index in [4.69, 9.17) is 0 Å². The number of nitrogens with one attached hydrogen (secondary N) is 2. The molecule has 30 heavy (non-hydrogen) atoms. The van der Waals surface area contributed by atoms with E-state index in [0.29, 0.717) is 6.04 Å². The molecule has 6 heteroatoms. The van der Waals surface area contributed by atoms with Gasteiger partial charge in [0.05, 0.1) is 0 Å². The zero-order valence-electron chi connectivity index (χ0n) is 18.7. The lowest BCUT2D eigenvalue weighted by atomic mass is 9.86. The normalized spacial score (nSPS) is 15.5. The summed E-state index contributed by atoms with van der Waals surface area (Å²) < 4.78 is 0. The maximum atomic E-state index is 4.66. The molecule has 2 aromatic rings. The monoisotopic (exact) mass is 521 g/mol. The number of piperidine rings is 1. The van der Waals surface area contributed by atoms with Crippen LogP contribution in [0.5, 0.6) is 0 Å². The van der Waals surface area contributed by atoms with E-state index in [1.807, 2.05) is 20.0 Å². The van der Waals surface area contributed by atoms with Crippen LogP contribution in [-0.4, -0.2) is 43.7 Å². The van der Waals surface area contributed by atoms with Gasteiger partial charge < -0.3 is 15.5 Å². The SMILES string of the molecule is CN=C(NCC(C)(C)Cc1ccccc1)NC1CCN(c2cccc(C)n2)CC1.I. The van der Waals surface area contributed by atoms with E-state index in [9.17, 15) is 0 Å². The lowest BCUT2D eigenvalue weighted by Crippen LogP contribution is -2.50. The van der Waals surface area contributed by atoms with Crippen molar-refractivity contribution in [1.82, 2.24) is 15.6 Å². The van der Waals surface area contributed by atoms with Gasteiger partial charge in [0.2, 0.25) is 0 Å². The molecule has 0 spiro atoms. The Hall–Kier alpha value is -1.83. The van der Waals surface area contributed by atoms with Crippen LogP contribution in [0.1, 0.15) is 37.9 Å². The van der Waals surface area contributed by atoms with E-state index in [-0.39, 0.29) is 29.4 Å². The number of nitrogens with zero attached hydrogens (tertiary/aromatic N) is 3. The zero-order valence-corrected chi connectivity index (χ0v) is 21.0. The van der Waals surface area contributed by atoms with E-state index < -0.39 is 0 Å². The summed E-state index contributed by atoms with van der Waals surface area (Å²) in [4.78, 5) is 11.5. The van der Waals surface area contributed by atoms with Gasteiger partial charge in [-0.25, -0.2) is 4.98 Å². The summed E-state index contributed by atoms with van der Waals surface area (Å²) in [6.07, 6.45) is 3.22. The van der Waals surface area contributed by atoms with Crippen molar-refractivity contribution in [3.63, 3.8) is 0 Å². The Morgan fingerprint density at radius 1 is 1.10 bits per heavy atom. The van der Waals surface area contributed by atoms with Crippen molar-refractivity contribution in [2.75, 3.05) is 31.6 Å². The summed E-state index contributed by atoms with van der Waals surface area (Å²) in [6.45, 7) is 9.57. The molecular weight excluding hydrogens is 485 g/mol. The maximum absolute atomic E-state index is 4.66. The third kappa shape index (κ3) is 7.45. The first-order chi connectivity index (χ1) is 13.9. The zero-order chi connectivity index (χ0) is 20.7. The molecule has 1 aliphatic heterocycles. The van der Waals surface area contributed by atoms with Crippen molar-refractivity contribution in [3.8, 4) is 0 Å². The second-order valence-corrected chi connectivity index (χ2v) is 8.80. The summed E-state index contributed by atoms with van der Waals surface area (Å²) in [6, 6.07) is 17.4. The van der Waals surface area contributed by atoms with Crippen LogP contribution in [0.3, 0.4) is 0 Å². The number of rotatable bonds is 6. The number of aromatic nitrogens is 1. The number of anilines is 1. The highest BCUT2D eigenvalue weighted by atomic mass is 127. The van der Waals surface area contributed by atoms with Crippen LogP contribution in [0, 0.1) is 12.3 Å². The van der Waals surface area contributed by atoms with Gasteiger partial charge in [-0.3, -0.25) is 4.99 Å². The number of halogens is 1. The number of guanidine groups is 1. The lowest BCUT2D eigenvalue weighted by Gasteiger charge is -2.34. The number of aryl methyl sites for hydroxylation is 1. The molecule has 0 saturated carbocycles. The molecule has 1 saturated heterocycles. The Kier molecular flexibility index (Phi) is 9.39. The van der Waals surface area contributed by atoms with Crippen molar-refractivity contribution >= 4 is 35.8 Å². The summed E-state index contributed by atoms with van der Waals surface area (Å²) in [5, 5.41) is 7.16. The molecule has 164 valence electrons. The van der Waals surface area contributed by atoms with Gasteiger partial charge in [-0.1, -0.05) is 50.2 Å². The highest BCUT2D eigenvalue weighted by molar-refractivity contribution is 14.0. The number of benzene rings is 1. The largest absolute Gasteiger partial charge is 0.356 e. The Morgan fingerprint density at radius 2 is 1.80 bits per heavy atom. The molecule has 2 heterocycles. The molecule has 3 rings (SSSR count). The number of hydrogen-bond donors (Lipinski definition) is 2. The Labute approximate surface area is 198 Å². The molecule has 1 fully saturated rings. The predicted octanol–water partition coefficient (Wildman–Crippen LogP) is 4.41. The molecule has 0 atom stereocenters. The first-order valence-corrected chi connectivity index (χ1v) is 10.6. The standard InChI is InChI=1S/C24H35N5.HI/c1-19-9-8-12-22(27-19)29-15-13-21(14-16-29)28-23(25-4)26-18-24(2,3)17-20-10-6-5-7-11-20;/h5-12,21H,13-18H2,1-4H3,(H2,25,26,28);1H. The summed E-state index contributed by atoms with van der Waals surface area (Å²) in [5.41, 5.74) is 2.60. The van der Waals surface area contributed by atoms with E-state index in [0.717, 1.165) is 56.4 Å². The molecule has 5 nitrogen and oxygen atoms in total. The first kappa shape index (κ1) is 24.4. The third-order valence-electron chi connectivity index (χ3n) is 5.52. The molecule has 0 aliphatic carbocycles. The fourth-order valence-electron chi connectivity index (χ4n) is 3.88. The van der Waals surface area contributed by atoms with Crippen molar-refractivity contribution in [2.45, 2.75) is 46.1 Å². The molecule has 2 N–H and O–H groups in total. The quantitative estimate of drug-likeness (QED) is 0.336. The van der Waals surface area contributed by atoms with Gasteiger partial charge >= 0.3 is 0 Å². The lowest BCUT2D eigenvalue weighted by molar-refractivity contribution is 0.356. The van der Waals surface area contributed by atoms with Crippen LogP contribution in [-0.2, 0) is 6.42 Å². The van der Waals surface area contributed by atoms with Gasteiger partial charge in [-0.2, -0.15) is 0 Å². The average molecular weight is 521 g/mol. The van der Waals surface area contributed by atoms with E-state index >= 15 is 0 Å². The highest BCUT2D eigenvalue weighted by Gasteiger charge is 2.23. The fourth-order valence-corrected chi connectivity index (χ4v) is 3.88. The van der Waals surface area contributed by atoms with E-state index in [1.165, 1.54) is 5.56 Å². The number of pyridine rings is 1. The molecule has 0 bridgehead atoms. The van der Waals surface area contributed by atoms with Crippen LogP contribution in [0.4, 0.5) is 5.82 Å². The van der Waals surface area contributed by atoms with Crippen molar-refractivity contribution in [1.29, 1.82) is 0 Å². The smallest absolute Gasteiger partial charge is 0.191 e. The molecular formula is C24H36IN5. The maximum Gasteiger partial charge on any atom is 0.191 e. The second kappa shape index (κ2) is 11.5. The molecule has 1 aromatic heterocycles. The van der Waals surface area contributed by atoms with Gasteiger partial charge in [0.1, 0.15) is 5.82 Å². The molecule has 0 unspecified atom stereocenters. The fraction of sp³-hybridized carbons (Fsp3) is 0.500. The highest BCUT2D eigenvalue weighted by Crippen LogP contribution is 2.21. The van der Waals surface area contributed by atoms with E-state index in [2.05, 4.69) is 81.8 Å². The van der Waals surface area contributed by atoms with Gasteiger partial charge in [0.25, 0.3) is 0 Å². The molecule has 1 aliphatic rings. The van der Waals surface area contributed by atoms with Crippen LogP contribution in [0.2, 0.25) is 0 Å². The summed E-state index contributed by atoms with van der Waals surface area (Å²) in [7, 11) is 1.85. The molecule has 1 aromatic carbocycles. The second-order valence-electron chi connectivity index (χ2n) is 8.80. The van der Waals surface area contributed by atoms with Gasteiger partial charge in [-0.05, 0) is 49.3 Å². The summed E-state index contributed by atoms with van der Waals surface area (Å²) in [5.74, 6) is 1.99. The van der Waals surface area contributed by atoms with Crippen molar-refractivity contribution in [2.24, 2.45) is 10.4 Å². The van der Waals surface area contributed by atoms with Gasteiger partial charge in [0.15, 0.2) is 5.96 Å². The minimum absolute atomic E-state index is 0. The van der Waals surface area contributed by atoms with Crippen molar-refractivity contribution in [3.05, 3.63) is 59.8 Å². The number of aliphatic imine (C=N–C) groups is 1. The topological polar surface area (TPSA) is 52.6 Å². The summed E-state index contributed by atoms with van der Waals surface area (Å²) >= 11 is 0. The Bertz CT molecular complexity index is 798.